The highest BCUT2D eigenvalue weighted by molar-refractivity contribution is 5.15. The number of aliphatic hydroxyl groups is 1. The summed E-state index contributed by atoms with van der Waals surface area (Å²) in [7, 11) is 0. The van der Waals surface area contributed by atoms with Crippen LogP contribution in [-0.4, -0.2) is 10.7 Å². The van der Waals surface area contributed by atoms with Crippen molar-refractivity contribution in [2.24, 2.45) is 16.7 Å². The first-order chi connectivity index (χ1) is 5.31. The Labute approximate surface area is 75.2 Å². The molecule has 2 aliphatic carbocycles. The fourth-order valence-corrected chi connectivity index (χ4v) is 3.41. The Morgan fingerprint density at radius 2 is 1.75 bits per heavy atom. The molecular weight excluding hydrogens is 148 g/mol. The maximum absolute atomic E-state index is 10.4. The lowest BCUT2D eigenvalue weighted by atomic mass is 9.59. The lowest BCUT2D eigenvalue weighted by molar-refractivity contribution is -0.113. The van der Waals surface area contributed by atoms with Gasteiger partial charge in [-0.15, -0.1) is 0 Å². The van der Waals surface area contributed by atoms with Crippen LogP contribution in [-0.2, 0) is 0 Å². The summed E-state index contributed by atoms with van der Waals surface area (Å²) in [6, 6.07) is 0. The molecule has 0 aromatic carbocycles. The Balaban J connectivity index is 2.46. The van der Waals surface area contributed by atoms with E-state index in [2.05, 4.69) is 20.8 Å². The molecule has 0 aromatic rings. The molecule has 1 nitrogen and oxygen atoms in total. The monoisotopic (exact) mass is 168 g/mol. The fourth-order valence-electron chi connectivity index (χ4n) is 3.41. The van der Waals surface area contributed by atoms with Gasteiger partial charge in [-0.2, -0.15) is 0 Å². The fraction of sp³-hybridized carbons (Fsp3) is 1.00. The highest BCUT2D eigenvalue weighted by Gasteiger charge is 2.65. The maximum atomic E-state index is 10.4. The Morgan fingerprint density at radius 1 is 1.17 bits per heavy atom. The first kappa shape index (κ1) is 8.55. The van der Waals surface area contributed by atoms with Crippen LogP contribution in [0.1, 0.15) is 47.0 Å². The maximum Gasteiger partial charge on any atom is 0.0703 e. The number of rotatable bonds is 0. The van der Waals surface area contributed by atoms with Crippen molar-refractivity contribution >= 4 is 0 Å². The first-order valence-corrected chi connectivity index (χ1v) is 5.04. The molecule has 2 rings (SSSR count). The molecule has 0 aliphatic heterocycles. The Morgan fingerprint density at radius 3 is 2.00 bits per heavy atom. The van der Waals surface area contributed by atoms with Crippen LogP contribution in [0.5, 0.6) is 0 Å². The Hall–Kier alpha value is -0.0400. The quantitative estimate of drug-likeness (QED) is 0.589. The van der Waals surface area contributed by atoms with E-state index in [1.54, 1.807) is 0 Å². The minimum atomic E-state index is -0.431. The lowest BCUT2D eigenvalue weighted by Gasteiger charge is -2.48. The third-order valence-electron chi connectivity index (χ3n) is 5.31. The summed E-state index contributed by atoms with van der Waals surface area (Å²) in [6.45, 7) is 8.83. The molecule has 3 unspecified atom stereocenters. The van der Waals surface area contributed by atoms with Gasteiger partial charge in [0, 0.05) is 0 Å². The Bertz CT molecular complexity index is 210. The van der Waals surface area contributed by atoms with Gasteiger partial charge < -0.3 is 5.11 Å². The minimum absolute atomic E-state index is 0.100. The van der Waals surface area contributed by atoms with Crippen molar-refractivity contribution in [2.75, 3.05) is 0 Å². The van der Waals surface area contributed by atoms with Crippen LogP contribution in [0.25, 0.3) is 0 Å². The number of fused-ring (bicyclic) bond motifs is 2. The predicted octanol–water partition coefficient (Wildman–Crippen LogP) is 2.58. The van der Waals surface area contributed by atoms with Crippen LogP contribution in [0, 0.1) is 16.7 Å². The molecule has 1 N–H and O–H groups in total. The minimum Gasteiger partial charge on any atom is -0.389 e. The molecule has 2 saturated carbocycles. The second-order valence-corrected chi connectivity index (χ2v) is 5.77. The van der Waals surface area contributed by atoms with Crippen LogP contribution in [0.2, 0.25) is 0 Å². The summed E-state index contributed by atoms with van der Waals surface area (Å²) in [6.07, 6.45) is 3.76. The van der Waals surface area contributed by atoms with Gasteiger partial charge in [0.05, 0.1) is 5.60 Å². The van der Waals surface area contributed by atoms with E-state index in [1.807, 2.05) is 6.92 Å². The smallest absolute Gasteiger partial charge is 0.0703 e. The molecule has 3 atom stereocenters. The third-order valence-corrected chi connectivity index (χ3v) is 5.31. The molecule has 0 spiro atoms. The SMILES string of the molecule is CC12CCC(C1)C(C)(O)C2(C)C. The molecule has 70 valence electrons. The van der Waals surface area contributed by atoms with Gasteiger partial charge in [-0.05, 0) is 42.9 Å². The highest BCUT2D eigenvalue weighted by Crippen LogP contribution is 2.68. The molecule has 12 heavy (non-hydrogen) atoms. The highest BCUT2D eigenvalue weighted by atomic mass is 16.3. The normalized spacial score (nSPS) is 56.2. The zero-order chi connectivity index (χ0) is 9.20. The second kappa shape index (κ2) is 1.89. The van der Waals surface area contributed by atoms with Gasteiger partial charge in [0.1, 0.15) is 0 Å². The van der Waals surface area contributed by atoms with E-state index in [-0.39, 0.29) is 5.41 Å². The summed E-state index contributed by atoms with van der Waals surface area (Å²) in [5.74, 6) is 0.553. The Kier molecular flexibility index (Phi) is 1.35. The average Bonchev–Trinajstić information content (AvgIpc) is 2.36. The standard InChI is InChI=1S/C11H20O/c1-9(2)10(3)6-5-8(7-10)11(9,4)12/h8,12H,5-7H2,1-4H3. The summed E-state index contributed by atoms with van der Waals surface area (Å²) in [5, 5.41) is 10.4. The van der Waals surface area contributed by atoms with Gasteiger partial charge in [-0.3, -0.25) is 0 Å². The average molecular weight is 168 g/mol. The molecular formula is C11H20O. The van der Waals surface area contributed by atoms with Crippen molar-refractivity contribution < 1.29 is 5.11 Å². The van der Waals surface area contributed by atoms with Gasteiger partial charge in [-0.1, -0.05) is 20.8 Å². The summed E-state index contributed by atoms with van der Waals surface area (Å²) < 4.78 is 0. The molecule has 0 aromatic heterocycles. The first-order valence-electron chi connectivity index (χ1n) is 5.04. The van der Waals surface area contributed by atoms with E-state index >= 15 is 0 Å². The molecule has 0 radical (unpaired) electrons. The van der Waals surface area contributed by atoms with E-state index in [0.29, 0.717) is 11.3 Å². The summed E-state index contributed by atoms with van der Waals surface area (Å²) in [5.41, 5.74) is 0.0596. The van der Waals surface area contributed by atoms with Crippen molar-refractivity contribution in [2.45, 2.75) is 52.6 Å². The van der Waals surface area contributed by atoms with Crippen molar-refractivity contribution in [1.29, 1.82) is 0 Å². The van der Waals surface area contributed by atoms with E-state index in [0.717, 1.165) is 0 Å². The molecule has 0 saturated heterocycles. The molecule has 2 aliphatic rings. The van der Waals surface area contributed by atoms with E-state index < -0.39 is 5.60 Å². The zero-order valence-electron chi connectivity index (χ0n) is 8.65. The van der Waals surface area contributed by atoms with E-state index in [1.165, 1.54) is 19.3 Å². The van der Waals surface area contributed by atoms with Crippen molar-refractivity contribution in [1.82, 2.24) is 0 Å². The van der Waals surface area contributed by atoms with Gasteiger partial charge in [0.2, 0.25) is 0 Å². The van der Waals surface area contributed by atoms with Gasteiger partial charge in [-0.25, -0.2) is 0 Å². The number of hydrogen-bond acceptors (Lipinski definition) is 1. The third kappa shape index (κ3) is 0.654. The molecule has 1 heteroatoms. The molecule has 2 bridgehead atoms. The zero-order valence-corrected chi connectivity index (χ0v) is 8.65. The van der Waals surface area contributed by atoms with E-state index in [9.17, 15) is 5.11 Å². The molecule has 0 amide bonds. The van der Waals surface area contributed by atoms with Gasteiger partial charge >= 0.3 is 0 Å². The topological polar surface area (TPSA) is 20.2 Å². The second-order valence-electron chi connectivity index (χ2n) is 5.77. The van der Waals surface area contributed by atoms with Crippen LogP contribution < -0.4 is 0 Å². The van der Waals surface area contributed by atoms with Crippen LogP contribution in [0.4, 0.5) is 0 Å². The molecule has 2 fully saturated rings. The van der Waals surface area contributed by atoms with E-state index in [4.69, 9.17) is 0 Å². The number of hydrogen-bond donors (Lipinski definition) is 1. The largest absolute Gasteiger partial charge is 0.389 e. The van der Waals surface area contributed by atoms with Gasteiger partial charge in [0.15, 0.2) is 0 Å². The van der Waals surface area contributed by atoms with Crippen LogP contribution in [0.3, 0.4) is 0 Å². The van der Waals surface area contributed by atoms with Gasteiger partial charge in [0.25, 0.3) is 0 Å². The predicted molar refractivity (Wildman–Crippen MR) is 49.9 cm³/mol. The van der Waals surface area contributed by atoms with Crippen LogP contribution in [0.15, 0.2) is 0 Å². The summed E-state index contributed by atoms with van der Waals surface area (Å²) >= 11 is 0. The van der Waals surface area contributed by atoms with Crippen LogP contribution >= 0.6 is 0 Å². The molecule has 0 heterocycles. The van der Waals surface area contributed by atoms with Crippen molar-refractivity contribution in [3.63, 3.8) is 0 Å². The summed E-state index contributed by atoms with van der Waals surface area (Å²) in [4.78, 5) is 0. The lowest BCUT2D eigenvalue weighted by Crippen LogP contribution is -2.50. The van der Waals surface area contributed by atoms with Crippen molar-refractivity contribution in [3.8, 4) is 0 Å². The van der Waals surface area contributed by atoms with Crippen molar-refractivity contribution in [3.05, 3.63) is 0 Å².